The summed E-state index contributed by atoms with van der Waals surface area (Å²) >= 11 is 0. The molecular weight excluding hydrogens is 316 g/mol. The van der Waals surface area contributed by atoms with Crippen LogP contribution in [-0.2, 0) is 13.0 Å². The van der Waals surface area contributed by atoms with Gasteiger partial charge < -0.3 is 19.5 Å². The van der Waals surface area contributed by atoms with Gasteiger partial charge in [0, 0.05) is 43.3 Å². The van der Waals surface area contributed by atoms with Crippen molar-refractivity contribution in [2.24, 2.45) is 0 Å². The molecule has 1 fully saturated rings. The fourth-order valence-corrected chi connectivity index (χ4v) is 4.08. The summed E-state index contributed by atoms with van der Waals surface area (Å²) in [5, 5.41) is 9.00. The number of benzene rings is 1. The molecule has 0 saturated carbocycles. The first kappa shape index (κ1) is 18.5. The average Bonchev–Trinajstić information content (AvgIpc) is 3.00. The second-order valence-electron chi connectivity index (χ2n) is 7.47. The van der Waals surface area contributed by atoms with E-state index in [0.29, 0.717) is 6.04 Å². The molecular formula is C20H32N2O3. The van der Waals surface area contributed by atoms with Crippen LogP contribution in [-0.4, -0.2) is 67.5 Å². The van der Waals surface area contributed by atoms with E-state index in [-0.39, 0.29) is 12.7 Å². The molecule has 0 amide bonds. The molecule has 1 unspecified atom stereocenters. The third-order valence-electron chi connectivity index (χ3n) is 5.52. The maximum Gasteiger partial charge on any atom is 0.127 e. The van der Waals surface area contributed by atoms with Crippen LogP contribution >= 0.6 is 0 Å². The maximum absolute atomic E-state index is 9.00. The van der Waals surface area contributed by atoms with Gasteiger partial charge in [0.15, 0.2) is 0 Å². The van der Waals surface area contributed by atoms with Crippen LogP contribution in [0.5, 0.6) is 11.5 Å². The molecule has 0 spiro atoms. The van der Waals surface area contributed by atoms with Crippen LogP contribution in [0, 0.1) is 0 Å². The van der Waals surface area contributed by atoms with Crippen molar-refractivity contribution >= 4 is 0 Å². The number of hydrogen-bond donors (Lipinski definition) is 1. The Bertz CT molecular complexity index is 570. The van der Waals surface area contributed by atoms with E-state index in [1.165, 1.54) is 24.0 Å². The van der Waals surface area contributed by atoms with Crippen LogP contribution in [0.3, 0.4) is 0 Å². The second kappa shape index (κ2) is 8.39. The van der Waals surface area contributed by atoms with Gasteiger partial charge in [-0.05, 0) is 58.5 Å². The van der Waals surface area contributed by atoms with Crippen molar-refractivity contribution in [3.8, 4) is 11.5 Å². The molecule has 0 aromatic heterocycles. The standard InChI is InChI=1S/C20H32N2O3/c1-15-11-16-12-19(24-3)13-17(20(16)25-15)14-22-8-5-18(6-9-22)21(2)7-4-10-23/h12-13,15,18,23H,4-11,14H2,1-3H3. The van der Waals surface area contributed by atoms with Gasteiger partial charge in [-0.3, -0.25) is 4.90 Å². The van der Waals surface area contributed by atoms with Gasteiger partial charge in [0.1, 0.15) is 17.6 Å². The first-order valence-corrected chi connectivity index (χ1v) is 9.50. The largest absolute Gasteiger partial charge is 0.497 e. The van der Waals surface area contributed by atoms with E-state index in [2.05, 4.69) is 35.9 Å². The first-order valence-electron chi connectivity index (χ1n) is 9.50. The van der Waals surface area contributed by atoms with Crippen molar-refractivity contribution in [3.63, 3.8) is 0 Å². The number of likely N-dealkylation sites (tertiary alicyclic amines) is 1. The minimum Gasteiger partial charge on any atom is -0.497 e. The van der Waals surface area contributed by atoms with Crippen molar-refractivity contribution in [2.75, 3.05) is 40.4 Å². The highest BCUT2D eigenvalue weighted by molar-refractivity contribution is 5.49. The zero-order valence-corrected chi connectivity index (χ0v) is 15.8. The molecule has 25 heavy (non-hydrogen) atoms. The number of hydrogen-bond acceptors (Lipinski definition) is 5. The van der Waals surface area contributed by atoms with E-state index in [1.54, 1.807) is 7.11 Å². The van der Waals surface area contributed by atoms with Crippen LogP contribution in [0.25, 0.3) is 0 Å². The topological polar surface area (TPSA) is 45.2 Å². The van der Waals surface area contributed by atoms with Crippen LogP contribution in [0.2, 0.25) is 0 Å². The summed E-state index contributed by atoms with van der Waals surface area (Å²) in [7, 11) is 3.92. The van der Waals surface area contributed by atoms with Gasteiger partial charge in [0.25, 0.3) is 0 Å². The summed E-state index contributed by atoms with van der Waals surface area (Å²) in [6.07, 6.45) is 4.46. The van der Waals surface area contributed by atoms with Crippen LogP contribution in [0.4, 0.5) is 0 Å². The number of piperidine rings is 1. The van der Waals surface area contributed by atoms with Crippen LogP contribution in [0.1, 0.15) is 37.3 Å². The third-order valence-corrected chi connectivity index (χ3v) is 5.52. The van der Waals surface area contributed by atoms with Crippen molar-refractivity contribution < 1.29 is 14.6 Å². The second-order valence-corrected chi connectivity index (χ2v) is 7.47. The highest BCUT2D eigenvalue weighted by atomic mass is 16.5. The summed E-state index contributed by atoms with van der Waals surface area (Å²) in [6, 6.07) is 4.89. The fraction of sp³-hybridized carbons (Fsp3) is 0.700. The Kier molecular flexibility index (Phi) is 6.20. The zero-order valence-electron chi connectivity index (χ0n) is 15.8. The molecule has 1 aromatic rings. The molecule has 0 radical (unpaired) electrons. The number of fused-ring (bicyclic) bond motifs is 1. The van der Waals surface area contributed by atoms with Crippen molar-refractivity contribution in [1.82, 2.24) is 9.80 Å². The van der Waals surface area contributed by atoms with Gasteiger partial charge in [-0.25, -0.2) is 0 Å². The monoisotopic (exact) mass is 348 g/mol. The Labute approximate surface area is 151 Å². The van der Waals surface area contributed by atoms with E-state index < -0.39 is 0 Å². The van der Waals surface area contributed by atoms with Gasteiger partial charge in [-0.1, -0.05) is 0 Å². The van der Waals surface area contributed by atoms with Crippen molar-refractivity contribution in [2.45, 2.75) is 51.3 Å². The lowest BCUT2D eigenvalue weighted by molar-refractivity contribution is 0.116. The summed E-state index contributed by atoms with van der Waals surface area (Å²) in [6.45, 7) is 6.54. The van der Waals surface area contributed by atoms with Gasteiger partial charge in [0.05, 0.1) is 7.11 Å². The summed E-state index contributed by atoms with van der Waals surface area (Å²) in [4.78, 5) is 4.93. The predicted octanol–water partition coefficient (Wildman–Crippen LogP) is 2.30. The Morgan fingerprint density at radius 3 is 2.76 bits per heavy atom. The number of methoxy groups -OCH3 is 1. The smallest absolute Gasteiger partial charge is 0.127 e. The normalized spacial score (nSPS) is 21.4. The van der Waals surface area contributed by atoms with Gasteiger partial charge in [0.2, 0.25) is 0 Å². The molecule has 0 aliphatic carbocycles. The average molecular weight is 348 g/mol. The SMILES string of the molecule is COc1cc2c(c(CN3CCC(N(C)CCCO)CC3)c1)OC(C)C2. The molecule has 1 atom stereocenters. The first-order chi connectivity index (χ1) is 12.1. The summed E-state index contributed by atoms with van der Waals surface area (Å²) in [5.41, 5.74) is 2.53. The Morgan fingerprint density at radius 2 is 2.08 bits per heavy atom. The Balaban J connectivity index is 1.60. The molecule has 1 N–H and O–H groups in total. The van der Waals surface area contributed by atoms with E-state index in [4.69, 9.17) is 14.6 Å². The number of rotatable bonds is 7. The molecule has 2 heterocycles. The van der Waals surface area contributed by atoms with E-state index in [0.717, 1.165) is 50.5 Å². The number of aliphatic hydroxyl groups excluding tert-OH is 1. The Hall–Kier alpha value is -1.30. The lowest BCUT2D eigenvalue weighted by atomic mass is 10.0. The zero-order chi connectivity index (χ0) is 17.8. The minimum absolute atomic E-state index is 0.256. The highest BCUT2D eigenvalue weighted by Gasteiger charge is 2.27. The van der Waals surface area contributed by atoms with Gasteiger partial charge in [-0.15, -0.1) is 0 Å². The molecule has 1 aromatic carbocycles. The molecule has 2 aliphatic rings. The molecule has 3 rings (SSSR count). The van der Waals surface area contributed by atoms with Crippen molar-refractivity contribution in [3.05, 3.63) is 23.3 Å². The molecule has 140 valence electrons. The van der Waals surface area contributed by atoms with Crippen molar-refractivity contribution in [1.29, 1.82) is 0 Å². The molecule has 5 heteroatoms. The van der Waals surface area contributed by atoms with E-state index in [1.807, 2.05) is 0 Å². The highest BCUT2D eigenvalue weighted by Crippen LogP contribution is 2.37. The number of nitrogens with zero attached hydrogens (tertiary/aromatic N) is 2. The fourth-order valence-electron chi connectivity index (χ4n) is 4.08. The lowest BCUT2D eigenvalue weighted by Crippen LogP contribution is -2.43. The summed E-state index contributed by atoms with van der Waals surface area (Å²) in [5.74, 6) is 2.01. The van der Waals surface area contributed by atoms with Crippen LogP contribution in [0.15, 0.2) is 12.1 Å². The minimum atomic E-state index is 0.256. The number of aliphatic hydroxyl groups is 1. The third kappa shape index (κ3) is 4.46. The van der Waals surface area contributed by atoms with Gasteiger partial charge >= 0.3 is 0 Å². The quantitative estimate of drug-likeness (QED) is 0.819. The summed E-state index contributed by atoms with van der Waals surface area (Å²) < 4.78 is 11.6. The van der Waals surface area contributed by atoms with Crippen LogP contribution < -0.4 is 9.47 Å². The predicted molar refractivity (Wildman–Crippen MR) is 99.4 cm³/mol. The molecule has 5 nitrogen and oxygen atoms in total. The molecule has 2 aliphatic heterocycles. The molecule has 0 bridgehead atoms. The number of ether oxygens (including phenoxy) is 2. The van der Waals surface area contributed by atoms with Gasteiger partial charge in [-0.2, -0.15) is 0 Å². The van der Waals surface area contributed by atoms with E-state index in [9.17, 15) is 0 Å². The molecule has 1 saturated heterocycles. The maximum atomic E-state index is 9.00. The lowest BCUT2D eigenvalue weighted by Gasteiger charge is -2.37. The Morgan fingerprint density at radius 1 is 1.32 bits per heavy atom. The van der Waals surface area contributed by atoms with E-state index >= 15 is 0 Å².